The van der Waals surface area contributed by atoms with Crippen molar-refractivity contribution in [2.24, 2.45) is 0 Å². The van der Waals surface area contributed by atoms with Gasteiger partial charge < -0.3 is 0 Å². The molecule has 0 atom stereocenters. The Morgan fingerprint density at radius 1 is 0.500 bits per heavy atom. The first-order chi connectivity index (χ1) is 14.7. The molecule has 0 aromatic heterocycles. The molecule has 0 fully saturated rings. The summed E-state index contributed by atoms with van der Waals surface area (Å²) in [4.78, 5) is 0. The van der Waals surface area contributed by atoms with Crippen LogP contribution in [-0.2, 0) is 0 Å². The molecule has 0 aliphatic carbocycles. The van der Waals surface area contributed by atoms with Gasteiger partial charge in [0.25, 0.3) is 0 Å². The van der Waals surface area contributed by atoms with Crippen LogP contribution >= 0.6 is 31.9 Å². The summed E-state index contributed by atoms with van der Waals surface area (Å²) >= 11 is 7.10. The van der Waals surface area contributed by atoms with E-state index in [4.69, 9.17) is 0 Å². The lowest BCUT2D eigenvalue weighted by Crippen LogP contribution is -1.85. The van der Waals surface area contributed by atoms with Crippen molar-refractivity contribution in [2.45, 2.75) is 0 Å². The molecule has 0 spiro atoms. The number of halogens is 2. The van der Waals surface area contributed by atoms with Crippen LogP contribution in [0.1, 0.15) is 11.1 Å². The Hall–Kier alpha value is -2.86. The van der Waals surface area contributed by atoms with Crippen molar-refractivity contribution < 1.29 is 0 Å². The number of benzene rings is 4. The summed E-state index contributed by atoms with van der Waals surface area (Å²) in [5.74, 6) is 6.59. The van der Waals surface area contributed by atoms with Crippen LogP contribution in [0.3, 0.4) is 0 Å². The number of rotatable bonds is 3. The van der Waals surface area contributed by atoms with E-state index < -0.39 is 0 Å². The van der Waals surface area contributed by atoms with Gasteiger partial charge in [0.2, 0.25) is 0 Å². The van der Waals surface area contributed by atoms with Crippen molar-refractivity contribution in [2.75, 3.05) is 0 Å². The number of hydrogen-bond acceptors (Lipinski definition) is 0. The second-order valence-corrected chi connectivity index (χ2v) is 9.42. The summed E-state index contributed by atoms with van der Waals surface area (Å²) in [7, 11) is 0. The van der Waals surface area contributed by atoms with Crippen LogP contribution in [0.5, 0.6) is 0 Å². The van der Waals surface area contributed by atoms with Crippen molar-refractivity contribution in [1.82, 2.24) is 0 Å². The Morgan fingerprint density at radius 3 is 1.40 bits per heavy atom. The van der Waals surface area contributed by atoms with Crippen LogP contribution in [0, 0.1) is 11.8 Å². The minimum absolute atomic E-state index is 0.843. The van der Waals surface area contributed by atoms with Crippen LogP contribution in [0.25, 0.3) is 27.8 Å². The molecule has 0 aliphatic rings. The van der Waals surface area contributed by atoms with Gasteiger partial charge in [0.05, 0.1) is 8.96 Å². The van der Waals surface area contributed by atoms with E-state index in [1.807, 2.05) is 12.1 Å². The van der Waals surface area contributed by atoms with Gasteiger partial charge in [-0.2, -0.15) is 0 Å². The molecule has 0 nitrogen and oxygen atoms in total. The molecule has 0 unspecified atom stereocenters. The second kappa shape index (κ2) is 9.76. The van der Waals surface area contributed by atoms with E-state index in [-0.39, 0.29) is 0 Å². The molecule has 144 valence electrons. The molecule has 0 radical (unpaired) electrons. The first-order valence-electron chi connectivity index (χ1n) is 9.59. The van der Waals surface area contributed by atoms with E-state index >= 15 is 0 Å². The molecule has 0 saturated carbocycles. The van der Waals surface area contributed by atoms with Crippen LogP contribution in [0.2, 0.25) is 0 Å². The minimum Gasteiger partial charge on any atom is -0.0622 e. The molecular weight excluding hydrogens is 496 g/mol. The van der Waals surface area contributed by atoms with Crippen molar-refractivity contribution >= 4 is 37.4 Å². The summed E-state index contributed by atoms with van der Waals surface area (Å²) in [6.45, 7) is 0. The predicted molar refractivity (Wildman–Crippen MR) is 135 cm³/mol. The first kappa shape index (κ1) is 20.4. The Balaban J connectivity index is 1.57. The minimum atomic E-state index is 0.843. The van der Waals surface area contributed by atoms with Gasteiger partial charge in [-0.25, -0.2) is 0 Å². The lowest BCUT2D eigenvalue weighted by Gasteiger charge is -2.05. The average Bonchev–Trinajstić information content (AvgIpc) is 2.81. The molecule has 4 aromatic rings. The predicted octanol–water partition coefficient (Wildman–Crippen LogP) is 8.53. The maximum atomic E-state index is 3.55. The van der Waals surface area contributed by atoms with Crippen LogP contribution in [0.15, 0.2) is 113 Å². The highest BCUT2D eigenvalue weighted by atomic mass is 79.9. The first-order valence-corrected chi connectivity index (χ1v) is 11.2. The maximum absolute atomic E-state index is 3.55. The SMILES string of the molecule is BrC(Br)=C(C#Cc1ccc(-c2ccccc2)cc1)c1ccc(-c2ccccc2)cc1. The summed E-state index contributed by atoms with van der Waals surface area (Å²) in [5, 5.41) is 0. The molecule has 2 heteroatoms. The molecule has 30 heavy (non-hydrogen) atoms. The lowest BCUT2D eigenvalue weighted by molar-refractivity contribution is 1.58. The highest BCUT2D eigenvalue weighted by Crippen LogP contribution is 2.29. The third-order valence-electron chi connectivity index (χ3n) is 4.79. The van der Waals surface area contributed by atoms with Crippen LogP contribution in [-0.4, -0.2) is 0 Å². The number of hydrogen-bond donors (Lipinski definition) is 0. The van der Waals surface area contributed by atoms with E-state index in [0.29, 0.717) is 0 Å². The Bertz CT molecular complexity index is 1210. The molecule has 0 bridgehead atoms. The van der Waals surface area contributed by atoms with Crippen LogP contribution in [0.4, 0.5) is 0 Å². The van der Waals surface area contributed by atoms with E-state index in [1.165, 1.54) is 22.3 Å². The van der Waals surface area contributed by atoms with Gasteiger partial charge in [0.1, 0.15) is 0 Å². The summed E-state index contributed by atoms with van der Waals surface area (Å²) in [6.07, 6.45) is 0. The lowest BCUT2D eigenvalue weighted by atomic mass is 10.0. The van der Waals surface area contributed by atoms with E-state index in [2.05, 4.69) is 141 Å². The third kappa shape index (κ3) is 5.00. The van der Waals surface area contributed by atoms with Gasteiger partial charge in [0.15, 0.2) is 0 Å². The van der Waals surface area contributed by atoms with Gasteiger partial charge in [-0.1, -0.05) is 109 Å². The standard InChI is InChI=1S/C28H18Br2/c29-28(30)27(26-18-16-25(17-19-26)23-9-5-2-6-10-23)20-13-21-11-14-24(15-12-21)22-7-3-1-4-8-22/h1-12,14-19H. The smallest absolute Gasteiger partial charge is 0.0622 e. The van der Waals surface area contributed by atoms with Gasteiger partial charge in [-0.15, -0.1) is 0 Å². The summed E-state index contributed by atoms with van der Waals surface area (Å²) < 4.78 is 0.843. The zero-order valence-electron chi connectivity index (χ0n) is 16.1. The fourth-order valence-electron chi connectivity index (χ4n) is 3.20. The quantitative estimate of drug-likeness (QED) is 0.241. The van der Waals surface area contributed by atoms with E-state index in [0.717, 1.165) is 20.1 Å². The van der Waals surface area contributed by atoms with Gasteiger partial charge in [0, 0.05) is 5.56 Å². The molecule has 0 aliphatic heterocycles. The van der Waals surface area contributed by atoms with Crippen molar-refractivity contribution in [3.63, 3.8) is 0 Å². The summed E-state index contributed by atoms with van der Waals surface area (Å²) in [6, 6.07) is 37.5. The molecule has 0 saturated heterocycles. The zero-order chi connectivity index (χ0) is 20.8. The maximum Gasteiger partial charge on any atom is 0.0766 e. The summed E-state index contributed by atoms with van der Waals surface area (Å²) in [5.41, 5.74) is 7.75. The largest absolute Gasteiger partial charge is 0.0766 e. The molecule has 4 aromatic carbocycles. The van der Waals surface area contributed by atoms with Crippen molar-refractivity contribution in [1.29, 1.82) is 0 Å². The van der Waals surface area contributed by atoms with E-state index in [1.54, 1.807) is 0 Å². The molecular formula is C28H18Br2. The van der Waals surface area contributed by atoms with Gasteiger partial charge in [-0.05, 0) is 71.8 Å². The number of allylic oxidation sites excluding steroid dienone is 1. The Kier molecular flexibility index (Phi) is 6.64. The van der Waals surface area contributed by atoms with Crippen molar-refractivity contribution in [3.8, 4) is 34.1 Å². The van der Waals surface area contributed by atoms with Crippen LogP contribution < -0.4 is 0 Å². The highest BCUT2D eigenvalue weighted by molar-refractivity contribution is 9.28. The fraction of sp³-hybridized carbons (Fsp3) is 0. The monoisotopic (exact) mass is 512 g/mol. The Morgan fingerprint density at radius 2 is 0.933 bits per heavy atom. The van der Waals surface area contributed by atoms with Gasteiger partial charge in [-0.3, -0.25) is 0 Å². The highest BCUT2D eigenvalue weighted by Gasteiger charge is 2.05. The molecule has 0 amide bonds. The third-order valence-corrected chi connectivity index (χ3v) is 5.59. The van der Waals surface area contributed by atoms with Crippen molar-refractivity contribution in [3.05, 3.63) is 124 Å². The molecule has 4 rings (SSSR count). The molecule has 0 heterocycles. The molecule has 0 N–H and O–H groups in total. The topological polar surface area (TPSA) is 0 Å². The second-order valence-electron chi connectivity index (χ2n) is 6.77. The average molecular weight is 514 g/mol. The fourth-order valence-corrected chi connectivity index (χ4v) is 3.86. The van der Waals surface area contributed by atoms with Gasteiger partial charge >= 0.3 is 0 Å². The van der Waals surface area contributed by atoms with E-state index in [9.17, 15) is 0 Å². The zero-order valence-corrected chi connectivity index (χ0v) is 19.3. The normalized spacial score (nSPS) is 10.1. The Labute approximate surface area is 194 Å².